The Balaban J connectivity index is 2.30. The molecule has 0 spiro atoms. The van der Waals surface area contributed by atoms with Crippen LogP contribution in [0.3, 0.4) is 0 Å². The summed E-state index contributed by atoms with van der Waals surface area (Å²) in [6.07, 6.45) is 5.40. The van der Waals surface area contributed by atoms with Gasteiger partial charge in [0.05, 0.1) is 4.92 Å². The van der Waals surface area contributed by atoms with Gasteiger partial charge in [0.15, 0.2) is 14.8 Å². The van der Waals surface area contributed by atoms with Crippen molar-refractivity contribution in [1.82, 2.24) is 0 Å². The van der Waals surface area contributed by atoms with E-state index in [-0.39, 0.29) is 15.9 Å². The number of hydrogen-bond acceptors (Lipinski definition) is 6. The van der Waals surface area contributed by atoms with E-state index in [0.717, 1.165) is 42.9 Å². The molecule has 0 saturated heterocycles. The van der Waals surface area contributed by atoms with E-state index in [1.807, 2.05) is 0 Å². The molecule has 1 aliphatic carbocycles. The maximum Gasteiger partial charge on any atom is 0.304 e. The van der Waals surface area contributed by atoms with Crippen molar-refractivity contribution in [2.75, 3.05) is 11.6 Å². The van der Waals surface area contributed by atoms with Crippen molar-refractivity contribution in [1.29, 1.82) is 0 Å². The Hall–Kier alpha value is -1.15. The second-order valence-corrected chi connectivity index (χ2v) is 8.62. The third-order valence-corrected chi connectivity index (χ3v) is 6.54. The van der Waals surface area contributed by atoms with Crippen LogP contribution in [-0.4, -0.2) is 25.6 Å². The van der Waals surface area contributed by atoms with Gasteiger partial charge < -0.3 is 5.32 Å². The Morgan fingerprint density at radius 3 is 2.60 bits per heavy atom. The molecule has 1 aliphatic rings. The van der Waals surface area contributed by atoms with Crippen LogP contribution in [0.1, 0.15) is 32.6 Å². The number of nitrogens with zero attached hydrogens (tertiary/aromatic N) is 1. The molecule has 0 radical (unpaired) electrons. The van der Waals surface area contributed by atoms with E-state index in [1.165, 1.54) is 6.42 Å². The third-order valence-electron chi connectivity index (χ3n) is 3.68. The van der Waals surface area contributed by atoms with Crippen LogP contribution in [0.25, 0.3) is 0 Å². The summed E-state index contributed by atoms with van der Waals surface area (Å²) in [6, 6.07) is 1.32. The lowest BCUT2D eigenvalue weighted by Gasteiger charge is -2.29. The third kappa shape index (κ3) is 3.29. The van der Waals surface area contributed by atoms with E-state index < -0.39 is 14.8 Å². The lowest BCUT2D eigenvalue weighted by Crippen LogP contribution is -2.30. The highest BCUT2D eigenvalue weighted by atomic mass is 32.2. The molecule has 1 aromatic rings. The van der Waals surface area contributed by atoms with Crippen LogP contribution in [0.2, 0.25) is 0 Å². The molecule has 1 fully saturated rings. The summed E-state index contributed by atoms with van der Waals surface area (Å²) < 4.78 is 23.1. The molecular formula is C12H18N2O4S2. The SMILES string of the molecule is CC1CCCCC1Nc1sc(S(C)(=O)=O)cc1[N+](=O)[O-]. The van der Waals surface area contributed by atoms with Crippen molar-refractivity contribution in [2.24, 2.45) is 5.92 Å². The lowest BCUT2D eigenvalue weighted by molar-refractivity contribution is -0.383. The van der Waals surface area contributed by atoms with E-state index in [2.05, 4.69) is 12.2 Å². The molecule has 2 rings (SSSR count). The van der Waals surface area contributed by atoms with E-state index in [1.54, 1.807) is 0 Å². The second-order valence-electron chi connectivity index (χ2n) is 5.32. The highest BCUT2D eigenvalue weighted by Gasteiger charge is 2.28. The maximum atomic E-state index is 11.5. The van der Waals surface area contributed by atoms with Crippen molar-refractivity contribution in [2.45, 2.75) is 42.9 Å². The molecule has 112 valence electrons. The molecule has 0 aliphatic heterocycles. The Bertz CT molecular complexity index is 609. The molecule has 1 heterocycles. The van der Waals surface area contributed by atoms with Crippen LogP contribution in [0.5, 0.6) is 0 Å². The number of thiophene rings is 1. The topological polar surface area (TPSA) is 89.3 Å². The maximum absolute atomic E-state index is 11.5. The Morgan fingerprint density at radius 2 is 2.05 bits per heavy atom. The van der Waals surface area contributed by atoms with E-state index in [4.69, 9.17) is 0 Å². The van der Waals surface area contributed by atoms with Gasteiger partial charge in [-0.05, 0) is 18.8 Å². The molecule has 0 aromatic carbocycles. The van der Waals surface area contributed by atoms with Crippen LogP contribution in [-0.2, 0) is 9.84 Å². The number of rotatable bonds is 4. The predicted octanol–water partition coefficient (Wildman–Crippen LogP) is 3.05. The zero-order chi connectivity index (χ0) is 14.9. The van der Waals surface area contributed by atoms with Gasteiger partial charge in [-0.2, -0.15) is 0 Å². The first kappa shape index (κ1) is 15.2. The molecular weight excluding hydrogens is 300 g/mol. The van der Waals surface area contributed by atoms with Crippen molar-refractivity contribution in [3.05, 3.63) is 16.2 Å². The molecule has 8 heteroatoms. The van der Waals surface area contributed by atoms with Crippen LogP contribution in [0.4, 0.5) is 10.7 Å². The molecule has 6 nitrogen and oxygen atoms in total. The fourth-order valence-corrected chi connectivity index (χ4v) is 4.48. The largest absolute Gasteiger partial charge is 0.368 e. The number of nitro groups is 1. The quantitative estimate of drug-likeness (QED) is 0.680. The highest BCUT2D eigenvalue weighted by Crippen LogP contribution is 2.39. The van der Waals surface area contributed by atoms with E-state index in [0.29, 0.717) is 10.9 Å². The summed E-state index contributed by atoms with van der Waals surface area (Å²) >= 11 is 0.950. The summed E-state index contributed by atoms with van der Waals surface area (Å²) in [4.78, 5) is 10.5. The number of anilines is 1. The molecule has 1 N–H and O–H groups in total. The molecule has 0 bridgehead atoms. The zero-order valence-corrected chi connectivity index (χ0v) is 13.1. The van der Waals surface area contributed by atoms with Crippen molar-refractivity contribution in [3.8, 4) is 0 Å². The van der Waals surface area contributed by atoms with Gasteiger partial charge in [-0.15, -0.1) is 0 Å². The fraction of sp³-hybridized carbons (Fsp3) is 0.667. The zero-order valence-electron chi connectivity index (χ0n) is 11.5. The van der Waals surface area contributed by atoms with Crippen LogP contribution >= 0.6 is 11.3 Å². The number of sulfone groups is 1. The second kappa shape index (κ2) is 5.69. The van der Waals surface area contributed by atoms with Gasteiger partial charge in [0.1, 0.15) is 4.21 Å². The molecule has 2 unspecified atom stereocenters. The monoisotopic (exact) mass is 318 g/mol. The van der Waals surface area contributed by atoms with Gasteiger partial charge >= 0.3 is 5.69 Å². The molecule has 1 aromatic heterocycles. The first-order valence-electron chi connectivity index (χ1n) is 6.54. The van der Waals surface area contributed by atoms with Gasteiger partial charge in [0.25, 0.3) is 0 Å². The normalized spacial score (nSPS) is 23.5. The Morgan fingerprint density at radius 1 is 1.40 bits per heavy atom. The Labute approximate surface area is 122 Å². The average Bonchev–Trinajstić information content (AvgIpc) is 2.76. The van der Waals surface area contributed by atoms with Crippen molar-refractivity contribution in [3.63, 3.8) is 0 Å². The summed E-state index contributed by atoms with van der Waals surface area (Å²) in [6.45, 7) is 2.12. The summed E-state index contributed by atoms with van der Waals surface area (Å²) in [7, 11) is -3.42. The summed E-state index contributed by atoms with van der Waals surface area (Å²) in [5, 5.41) is 14.6. The van der Waals surface area contributed by atoms with Gasteiger partial charge in [0, 0.05) is 18.4 Å². The van der Waals surface area contributed by atoms with E-state index >= 15 is 0 Å². The minimum absolute atomic E-state index is 0.0372. The van der Waals surface area contributed by atoms with E-state index in [9.17, 15) is 18.5 Å². The van der Waals surface area contributed by atoms with Crippen molar-refractivity contribution < 1.29 is 13.3 Å². The minimum Gasteiger partial charge on any atom is -0.368 e. The van der Waals surface area contributed by atoms with Gasteiger partial charge in [-0.25, -0.2) is 8.42 Å². The summed E-state index contributed by atoms with van der Waals surface area (Å²) in [5.41, 5.74) is -0.145. The number of nitrogens with one attached hydrogen (secondary N) is 1. The molecule has 2 atom stereocenters. The fourth-order valence-electron chi connectivity index (χ4n) is 2.48. The highest BCUT2D eigenvalue weighted by molar-refractivity contribution is 7.92. The smallest absolute Gasteiger partial charge is 0.304 e. The molecule has 20 heavy (non-hydrogen) atoms. The summed E-state index contributed by atoms with van der Waals surface area (Å²) in [5.74, 6) is 0.437. The molecule has 0 amide bonds. The lowest BCUT2D eigenvalue weighted by atomic mass is 9.86. The minimum atomic E-state index is -3.42. The van der Waals surface area contributed by atoms with Gasteiger partial charge in [-0.3, -0.25) is 10.1 Å². The molecule has 1 saturated carbocycles. The van der Waals surface area contributed by atoms with Crippen molar-refractivity contribution >= 4 is 31.9 Å². The first-order chi connectivity index (χ1) is 9.29. The first-order valence-corrected chi connectivity index (χ1v) is 9.24. The van der Waals surface area contributed by atoms with Gasteiger partial charge in [0.2, 0.25) is 0 Å². The number of hydrogen-bond donors (Lipinski definition) is 1. The predicted molar refractivity (Wildman–Crippen MR) is 79.1 cm³/mol. The van der Waals surface area contributed by atoms with Gasteiger partial charge in [-0.1, -0.05) is 31.1 Å². The van der Waals surface area contributed by atoms with Crippen LogP contribution in [0, 0.1) is 16.0 Å². The Kier molecular flexibility index (Phi) is 4.33. The average molecular weight is 318 g/mol. The van der Waals surface area contributed by atoms with Crippen LogP contribution in [0.15, 0.2) is 10.3 Å². The van der Waals surface area contributed by atoms with Crippen LogP contribution < -0.4 is 5.32 Å². The standard InChI is InChI=1S/C12H18N2O4S2/c1-8-5-3-4-6-9(8)13-12-10(14(15)16)7-11(19-12)20(2,17)18/h7-9,13H,3-6H2,1-2H3.